The molecule has 1 saturated heterocycles. The smallest absolute Gasteiger partial charge is 0.368 e. The summed E-state index contributed by atoms with van der Waals surface area (Å²) < 4.78 is 43.5. The number of aryl methyl sites for hydroxylation is 1. The van der Waals surface area contributed by atoms with Crippen LogP contribution in [-0.4, -0.2) is 34.6 Å². The number of halogens is 3. The first-order valence-electron chi connectivity index (χ1n) is 7.30. The maximum Gasteiger partial charge on any atom is 0.417 e. The molecule has 1 aliphatic rings. The third kappa shape index (κ3) is 3.56. The van der Waals surface area contributed by atoms with Crippen LogP contribution in [-0.2, 0) is 10.9 Å². The van der Waals surface area contributed by atoms with Crippen molar-refractivity contribution in [2.45, 2.75) is 19.2 Å². The van der Waals surface area contributed by atoms with Gasteiger partial charge in [0, 0.05) is 18.8 Å². The number of aromatic nitrogens is 3. The number of hydrogen-bond donors (Lipinski definition) is 1. The van der Waals surface area contributed by atoms with Gasteiger partial charge in [-0.2, -0.15) is 13.2 Å². The normalized spacial score (nSPS) is 18.7. The first-order valence-corrected chi connectivity index (χ1v) is 7.30. The Labute approximate surface area is 135 Å². The fourth-order valence-electron chi connectivity index (χ4n) is 2.54. The molecule has 6 nitrogen and oxygen atoms in total. The Morgan fingerprint density at radius 2 is 2.17 bits per heavy atom. The number of alkyl halides is 3. The summed E-state index contributed by atoms with van der Waals surface area (Å²) in [5.74, 6) is 0.906. The summed E-state index contributed by atoms with van der Waals surface area (Å²) in [4.78, 5) is 24.1. The van der Waals surface area contributed by atoms with E-state index in [1.807, 2.05) is 4.90 Å². The van der Waals surface area contributed by atoms with E-state index in [2.05, 4.69) is 15.0 Å². The lowest BCUT2D eigenvalue weighted by Crippen LogP contribution is -2.39. The third-order valence-electron chi connectivity index (χ3n) is 3.68. The molecule has 0 spiro atoms. The molecule has 0 radical (unpaired) electrons. The predicted molar refractivity (Wildman–Crippen MR) is 79.7 cm³/mol. The van der Waals surface area contributed by atoms with Crippen LogP contribution in [0.2, 0.25) is 0 Å². The van der Waals surface area contributed by atoms with E-state index in [0.717, 1.165) is 12.3 Å². The van der Waals surface area contributed by atoms with Gasteiger partial charge in [-0.25, -0.2) is 9.97 Å². The third-order valence-corrected chi connectivity index (χ3v) is 3.68. The van der Waals surface area contributed by atoms with Crippen molar-refractivity contribution in [3.05, 3.63) is 51.8 Å². The zero-order chi connectivity index (χ0) is 17.3. The van der Waals surface area contributed by atoms with Crippen molar-refractivity contribution < 1.29 is 17.9 Å². The minimum atomic E-state index is -4.41. The lowest BCUT2D eigenvalue weighted by atomic mass is 10.2. The van der Waals surface area contributed by atoms with Crippen molar-refractivity contribution in [3.63, 3.8) is 0 Å². The maximum atomic E-state index is 12.6. The molecule has 1 aliphatic heterocycles. The van der Waals surface area contributed by atoms with E-state index in [1.54, 1.807) is 6.92 Å². The summed E-state index contributed by atoms with van der Waals surface area (Å²) in [6.45, 7) is 2.88. The average molecular weight is 340 g/mol. The van der Waals surface area contributed by atoms with Gasteiger partial charge in [0.15, 0.2) is 0 Å². The van der Waals surface area contributed by atoms with Gasteiger partial charge in [-0.3, -0.25) is 4.79 Å². The lowest BCUT2D eigenvalue weighted by molar-refractivity contribution is -0.137. The number of hydrogen-bond acceptors (Lipinski definition) is 5. The zero-order valence-corrected chi connectivity index (χ0v) is 12.8. The van der Waals surface area contributed by atoms with Gasteiger partial charge in [0.1, 0.15) is 17.7 Å². The standard InChI is InChI=1S/C15H15F3N4O2/c1-9-20-11(6-14(23)21-9)12-8-22(4-5-24-12)13-3-2-10(7-19-13)15(16,17)18/h2-3,6-7,12H,4-5,8H2,1H3,(H,20,21,23)/t12-/m0/s1. The number of morpholine rings is 1. The summed E-state index contributed by atoms with van der Waals surface area (Å²) in [5, 5.41) is 0. The predicted octanol–water partition coefficient (Wildman–Crippen LogP) is 2.07. The summed E-state index contributed by atoms with van der Waals surface area (Å²) in [6.07, 6.45) is -4.04. The summed E-state index contributed by atoms with van der Waals surface area (Å²) in [6, 6.07) is 3.70. The SMILES string of the molecule is Cc1nc([C@@H]2CN(c3ccc(C(F)(F)F)cn3)CCO2)cc(=O)[nH]1. The summed E-state index contributed by atoms with van der Waals surface area (Å²) >= 11 is 0. The molecule has 1 atom stereocenters. The molecule has 9 heteroatoms. The van der Waals surface area contributed by atoms with E-state index in [9.17, 15) is 18.0 Å². The molecular weight excluding hydrogens is 325 g/mol. The molecule has 1 fully saturated rings. The first-order chi connectivity index (χ1) is 11.3. The largest absolute Gasteiger partial charge is 0.417 e. The molecule has 3 rings (SSSR count). The van der Waals surface area contributed by atoms with Gasteiger partial charge >= 0.3 is 6.18 Å². The fraction of sp³-hybridized carbons (Fsp3) is 0.400. The highest BCUT2D eigenvalue weighted by molar-refractivity contribution is 5.40. The van der Waals surface area contributed by atoms with Crippen LogP contribution < -0.4 is 10.5 Å². The lowest BCUT2D eigenvalue weighted by Gasteiger charge is -2.33. The number of rotatable bonds is 2. The number of anilines is 1. The van der Waals surface area contributed by atoms with Gasteiger partial charge in [-0.1, -0.05) is 0 Å². The van der Waals surface area contributed by atoms with E-state index in [1.165, 1.54) is 12.1 Å². The highest BCUT2D eigenvalue weighted by atomic mass is 19.4. The van der Waals surface area contributed by atoms with Crippen molar-refractivity contribution in [2.24, 2.45) is 0 Å². The molecule has 128 valence electrons. The van der Waals surface area contributed by atoms with Crippen LogP contribution in [0.4, 0.5) is 19.0 Å². The van der Waals surface area contributed by atoms with Crippen molar-refractivity contribution in [3.8, 4) is 0 Å². The first kappa shape index (κ1) is 16.4. The number of nitrogens with one attached hydrogen (secondary N) is 1. The maximum absolute atomic E-state index is 12.6. The molecule has 0 saturated carbocycles. The minimum Gasteiger partial charge on any atom is -0.368 e. The Morgan fingerprint density at radius 1 is 1.38 bits per heavy atom. The second kappa shape index (κ2) is 6.23. The molecule has 2 aromatic rings. The van der Waals surface area contributed by atoms with Crippen LogP contribution in [0, 0.1) is 6.92 Å². The van der Waals surface area contributed by atoms with Crippen LogP contribution >= 0.6 is 0 Å². The highest BCUT2D eigenvalue weighted by Crippen LogP contribution is 2.30. The van der Waals surface area contributed by atoms with Crippen LogP contribution in [0.3, 0.4) is 0 Å². The van der Waals surface area contributed by atoms with Gasteiger partial charge < -0.3 is 14.6 Å². The zero-order valence-electron chi connectivity index (χ0n) is 12.8. The molecule has 0 amide bonds. The van der Waals surface area contributed by atoms with Crippen molar-refractivity contribution in [2.75, 3.05) is 24.6 Å². The quantitative estimate of drug-likeness (QED) is 0.906. The van der Waals surface area contributed by atoms with Crippen LogP contribution in [0.5, 0.6) is 0 Å². The number of H-pyrrole nitrogens is 1. The molecule has 3 heterocycles. The Morgan fingerprint density at radius 3 is 2.79 bits per heavy atom. The topological polar surface area (TPSA) is 71.1 Å². The summed E-state index contributed by atoms with van der Waals surface area (Å²) in [7, 11) is 0. The molecule has 2 aromatic heterocycles. The highest BCUT2D eigenvalue weighted by Gasteiger charge is 2.31. The second-order valence-corrected chi connectivity index (χ2v) is 5.46. The van der Waals surface area contributed by atoms with Gasteiger partial charge in [0.05, 0.1) is 24.4 Å². The van der Waals surface area contributed by atoms with Crippen LogP contribution in [0.25, 0.3) is 0 Å². The molecule has 0 bridgehead atoms. The van der Waals surface area contributed by atoms with Crippen LogP contribution in [0.15, 0.2) is 29.2 Å². The summed E-state index contributed by atoms with van der Waals surface area (Å²) in [5.41, 5.74) is -0.568. The molecular formula is C15H15F3N4O2. The molecule has 0 unspecified atom stereocenters. The van der Waals surface area contributed by atoms with Gasteiger partial charge in [0.25, 0.3) is 5.56 Å². The average Bonchev–Trinajstić information content (AvgIpc) is 2.53. The van der Waals surface area contributed by atoms with Gasteiger partial charge in [-0.05, 0) is 19.1 Å². The fourth-order valence-corrected chi connectivity index (χ4v) is 2.54. The Bertz CT molecular complexity index is 774. The van der Waals surface area contributed by atoms with Crippen LogP contribution in [0.1, 0.15) is 23.2 Å². The number of nitrogens with zero attached hydrogens (tertiary/aromatic N) is 3. The van der Waals surface area contributed by atoms with E-state index in [4.69, 9.17) is 4.74 Å². The van der Waals surface area contributed by atoms with Gasteiger partial charge in [-0.15, -0.1) is 0 Å². The monoisotopic (exact) mass is 340 g/mol. The molecule has 1 N–H and O–H groups in total. The molecule has 24 heavy (non-hydrogen) atoms. The van der Waals surface area contributed by atoms with Gasteiger partial charge in [0.2, 0.25) is 0 Å². The van der Waals surface area contributed by atoms with E-state index < -0.39 is 17.8 Å². The number of ether oxygens (including phenoxy) is 1. The van der Waals surface area contributed by atoms with E-state index >= 15 is 0 Å². The minimum absolute atomic E-state index is 0.272. The second-order valence-electron chi connectivity index (χ2n) is 5.46. The number of pyridine rings is 1. The number of aromatic amines is 1. The van der Waals surface area contributed by atoms with Crippen molar-refractivity contribution in [1.82, 2.24) is 15.0 Å². The van der Waals surface area contributed by atoms with E-state index in [0.29, 0.717) is 37.0 Å². The van der Waals surface area contributed by atoms with E-state index in [-0.39, 0.29) is 5.56 Å². The Kier molecular flexibility index (Phi) is 4.27. The molecule has 0 aliphatic carbocycles. The van der Waals surface area contributed by atoms with Crippen molar-refractivity contribution >= 4 is 5.82 Å². The van der Waals surface area contributed by atoms with Crippen molar-refractivity contribution in [1.29, 1.82) is 0 Å². The molecule has 0 aromatic carbocycles. The Balaban J connectivity index is 1.79. The Hall–Kier alpha value is -2.42.